The molecule has 0 radical (unpaired) electrons. The van der Waals surface area contributed by atoms with E-state index in [1.54, 1.807) is 6.08 Å². The van der Waals surface area contributed by atoms with Crippen LogP contribution in [0.5, 0.6) is 0 Å². The first kappa shape index (κ1) is 15.3. The zero-order valence-corrected chi connectivity index (χ0v) is 12.7. The van der Waals surface area contributed by atoms with Crippen molar-refractivity contribution >= 4 is 46.6 Å². The maximum Gasteiger partial charge on any atom is 0.337 e. The molecule has 4 nitrogen and oxygen atoms in total. The molecule has 0 aliphatic rings. The second-order valence-corrected chi connectivity index (χ2v) is 5.61. The molecule has 0 spiro atoms. The lowest BCUT2D eigenvalue weighted by atomic mass is 10.1. The van der Waals surface area contributed by atoms with Crippen molar-refractivity contribution in [3.05, 3.63) is 56.7 Å². The molecule has 0 bridgehead atoms. The van der Waals surface area contributed by atoms with Crippen LogP contribution in [0.2, 0.25) is 5.02 Å². The molecular weight excluding hydrogens is 310 g/mol. The highest BCUT2D eigenvalue weighted by atomic mass is 35.5. The Morgan fingerprint density at radius 2 is 2.10 bits per heavy atom. The molecule has 0 fully saturated rings. The van der Waals surface area contributed by atoms with Gasteiger partial charge in [-0.25, -0.2) is 4.79 Å². The van der Waals surface area contributed by atoms with E-state index in [1.165, 1.54) is 35.6 Å². The van der Waals surface area contributed by atoms with E-state index < -0.39 is 11.9 Å². The predicted molar refractivity (Wildman–Crippen MR) is 85.1 cm³/mol. The third-order valence-corrected chi connectivity index (χ3v) is 4.08. The van der Waals surface area contributed by atoms with E-state index in [0.29, 0.717) is 0 Å². The van der Waals surface area contributed by atoms with E-state index in [2.05, 4.69) is 5.32 Å². The van der Waals surface area contributed by atoms with Crippen LogP contribution >= 0.6 is 22.9 Å². The predicted octanol–water partition coefficient (Wildman–Crippen LogP) is 4.06. The summed E-state index contributed by atoms with van der Waals surface area (Å²) in [5, 5.41) is 13.7. The van der Waals surface area contributed by atoms with E-state index >= 15 is 0 Å². The molecule has 1 aromatic heterocycles. The maximum absolute atomic E-state index is 11.9. The molecule has 2 aromatic rings. The van der Waals surface area contributed by atoms with Crippen molar-refractivity contribution in [1.29, 1.82) is 0 Å². The largest absolute Gasteiger partial charge is 0.478 e. The van der Waals surface area contributed by atoms with Crippen molar-refractivity contribution in [2.24, 2.45) is 0 Å². The molecule has 6 heteroatoms. The fraction of sp³-hybridized carbons (Fsp3) is 0.0667. The molecule has 0 saturated heterocycles. The Morgan fingerprint density at radius 3 is 2.71 bits per heavy atom. The number of carboxylic acids is 1. The van der Waals surface area contributed by atoms with Gasteiger partial charge in [0.05, 0.1) is 16.3 Å². The summed E-state index contributed by atoms with van der Waals surface area (Å²) >= 11 is 7.46. The Morgan fingerprint density at radius 1 is 1.33 bits per heavy atom. The van der Waals surface area contributed by atoms with Crippen LogP contribution in [0.4, 0.5) is 5.69 Å². The van der Waals surface area contributed by atoms with Gasteiger partial charge < -0.3 is 10.4 Å². The topological polar surface area (TPSA) is 66.4 Å². The van der Waals surface area contributed by atoms with Gasteiger partial charge in [0.1, 0.15) is 0 Å². The minimum atomic E-state index is -1.15. The molecule has 1 aromatic carbocycles. The Bertz CT molecular complexity index is 721. The number of benzene rings is 1. The van der Waals surface area contributed by atoms with Crippen molar-refractivity contribution < 1.29 is 14.7 Å². The summed E-state index contributed by atoms with van der Waals surface area (Å²) < 4.78 is 0. The smallest absolute Gasteiger partial charge is 0.337 e. The van der Waals surface area contributed by atoms with Crippen molar-refractivity contribution in [3.8, 4) is 0 Å². The minimum absolute atomic E-state index is 0.0449. The molecule has 2 N–H and O–H groups in total. The summed E-state index contributed by atoms with van der Waals surface area (Å²) in [6.45, 7) is 1.95. The van der Waals surface area contributed by atoms with Gasteiger partial charge in [-0.1, -0.05) is 17.7 Å². The summed E-state index contributed by atoms with van der Waals surface area (Å²) in [4.78, 5) is 24.0. The van der Waals surface area contributed by atoms with E-state index in [4.69, 9.17) is 16.7 Å². The SMILES string of the molecule is Cc1ccsc1/C=C/C(=O)Nc1c(Cl)cccc1C(=O)O. The number of amides is 1. The Balaban J connectivity index is 2.19. The molecule has 108 valence electrons. The molecule has 0 atom stereocenters. The third kappa shape index (κ3) is 3.71. The van der Waals surface area contributed by atoms with E-state index in [1.807, 2.05) is 18.4 Å². The van der Waals surface area contributed by atoms with Crippen LogP contribution in [0.25, 0.3) is 6.08 Å². The number of hydrogen-bond acceptors (Lipinski definition) is 3. The summed E-state index contributed by atoms with van der Waals surface area (Å²) in [6.07, 6.45) is 3.04. The second-order valence-electron chi connectivity index (χ2n) is 4.26. The Labute approximate surface area is 130 Å². The van der Waals surface area contributed by atoms with Crippen LogP contribution in [0.1, 0.15) is 20.8 Å². The highest BCUT2D eigenvalue weighted by Crippen LogP contribution is 2.26. The fourth-order valence-electron chi connectivity index (χ4n) is 1.70. The number of para-hydroxylation sites is 1. The molecule has 0 unspecified atom stereocenters. The van der Waals surface area contributed by atoms with E-state index in [0.717, 1.165) is 10.4 Å². The first-order valence-corrected chi connectivity index (χ1v) is 7.29. The molecule has 0 aliphatic heterocycles. The number of nitrogens with one attached hydrogen (secondary N) is 1. The van der Waals surface area contributed by atoms with Gasteiger partial charge in [-0.3, -0.25) is 4.79 Å². The first-order valence-electron chi connectivity index (χ1n) is 6.04. The first-order chi connectivity index (χ1) is 9.99. The average molecular weight is 322 g/mol. The Hall–Kier alpha value is -2.11. The number of aryl methyl sites for hydroxylation is 1. The van der Waals surface area contributed by atoms with Crippen molar-refractivity contribution in [2.45, 2.75) is 6.92 Å². The van der Waals surface area contributed by atoms with Gasteiger partial charge in [0, 0.05) is 11.0 Å². The van der Waals surface area contributed by atoms with E-state index in [9.17, 15) is 9.59 Å². The van der Waals surface area contributed by atoms with Crippen molar-refractivity contribution in [2.75, 3.05) is 5.32 Å². The van der Waals surface area contributed by atoms with Gasteiger partial charge >= 0.3 is 5.97 Å². The molecule has 0 saturated carbocycles. The lowest BCUT2D eigenvalue weighted by Crippen LogP contribution is -2.12. The van der Waals surface area contributed by atoms with Crippen molar-refractivity contribution in [3.63, 3.8) is 0 Å². The molecular formula is C15H12ClNO3S. The average Bonchev–Trinajstić information content (AvgIpc) is 2.84. The van der Waals surface area contributed by atoms with Gasteiger partial charge in [-0.2, -0.15) is 0 Å². The van der Waals surface area contributed by atoms with Gasteiger partial charge in [0.25, 0.3) is 0 Å². The number of carbonyl (C=O) groups excluding carboxylic acids is 1. The van der Waals surface area contributed by atoms with Gasteiger partial charge in [0.2, 0.25) is 5.91 Å². The van der Waals surface area contributed by atoms with Crippen LogP contribution in [-0.2, 0) is 4.79 Å². The lowest BCUT2D eigenvalue weighted by Gasteiger charge is -2.08. The van der Waals surface area contributed by atoms with Crippen LogP contribution in [-0.4, -0.2) is 17.0 Å². The number of carbonyl (C=O) groups is 2. The summed E-state index contributed by atoms with van der Waals surface area (Å²) in [5.74, 6) is -1.58. The monoisotopic (exact) mass is 321 g/mol. The normalized spacial score (nSPS) is 10.8. The zero-order valence-electron chi connectivity index (χ0n) is 11.1. The number of halogens is 1. The van der Waals surface area contributed by atoms with Gasteiger partial charge in [-0.15, -0.1) is 11.3 Å². The molecule has 1 amide bonds. The quantitative estimate of drug-likeness (QED) is 0.834. The maximum atomic E-state index is 11.9. The summed E-state index contributed by atoms with van der Waals surface area (Å²) in [6, 6.07) is 6.39. The number of rotatable bonds is 4. The third-order valence-electron chi connectivity index (χ3n) is 2.78. The minimum Gasteiger partial charge on any atom is -0.478 e. The lowest BCUT2D eigenvalue weighted by molar-refractivity contribution is -0.111. The van der Waals surface area contributed by atoms with E-state index in [-0.39, 0.29) is 16.3 Å². The molecule has 21 heavy (non-hydrogen) atoms. The Kier molecular flexibility index (Phi) is 4.77. The fourth-order valence-corrected chi connectivity index (χ4v) is 2.74. The van der Waals surface area contributed by atoms with Crippen LogP contribution in [0.15, 0.2) is 35.7 Å². The number of carboxylic acid groups (broad SMARTS) is 1. The highest BCUT2D eigenvalue weighted by molar-refractivity contribution is 7.11. The number of thiophene rings is 1. The summed E-state index contributed by atoms with van der Waals surface area (Å²) in [7, 11) is 0. The molecule has 1 heterocycles. The van der Waals surface area contributed by atoms with Gasteiger partial charge in [-0.05, 0) is 42.1 Å². The number of hydrogen-bond donors (Lipinski definition) is 2. The highest BCUT2D eigenvalue weighted by Gasteiger charge is 2.14. The second kappa shape index (κ2) is 6.56. The summed E-state index contributed by atoms with van der Waals surface area (Å²) in [5.41, 5.74) is 1.13. The van der Waals surface area contributed by atoms with Gasteiger partial charge in [0.15, 0.2) is 0 Å². The van der Waals surface area contributed by atoms with Crippen LogP contribution in [0, 0.1) is 6.92 Å². The number of anilines is 1. The van der Waals surface area contributed by atoms with Crippen LogP contribution in [0.3, 0.4) is 0 Å². The number of aromatic carboxylic acids is 1. The zero-order chi connectivity index (χ0) is 15.4. The van der Waals surface area contributed by atoms with Crippen LogP contribution < -0.4 is 5.32 Å². The molecule has 2 rings (SSSR count). The molecule has 0 aliphatic carbocycles. The van der Waals surface area contributed by atoms with Crippen molar-refractivity contribution in [1.82, 2.24) is 0 Å². The standard InChI is InChI=1S/C15H12ClNO3S/c1-9-7-8-21-12(9)5-6-13(18)17-14-10(15(19)20)3-2-4-11(14)16/h2-8H,1H3,(H,17,18)(H,19,20)/b6-5+.